The molecule has 0 aromatic heterocycles. The summed E-state index contributed by atoms with van der Waals surface area (Å²) in [6.45, 7) is 3.90. The monoisotopic (exact) mass is 286 g/mol. The SMILES string of the molecule is CCN1CC(C(=O)NCC2(c3ccccc3)CC2)CC1=O. The van der Waals surface area contributed by atoms with Gasteiger partial charge in [-0.15, -0.1) is 0 Å². The maximum absolute atomic E-state index is 12.3. The van der Waals surface area contributed by atoms with Gasteiger partial charge in [0.15, 0.2) is 0 Å². The Bertz CT molecular complexity index is 537. The van der Waals surface area contributed by atoms with Gasteiger partial charge in [-0.1, -0.05) is 30.3 Å². The molecule has 2 aliphatic rings. The summed E-state index contributed by atoms with van der Waals surface area (Å²) in [5.74, 6) is -0.0487. The lowest BCUT2D eigenvalue weighted by Gasteiger charge is -2.18. The highest BCUT2D eigenvalue weighted by Gasteiger charge is 2.44. The Hall–Kier alpha value is -1.84. The van der Waals surface area contributed by atoms with Gasteiger partial charge in [-0.3, -0.25) is 9.59 Å². The predicted octanol–water partition coefficient (Wildman–Crippen LogP) is 1.70. The number of carbonyl (C=O) groups excluding carboxylic acids is 2. The molecule has 0 spiro atoms. The Morgan fingerprint density at radius 1 is 1.33 bits per heavy atom. The molecule has 21 heavy (non-hydrogen) atoms. The van der Waals surface area contributed by atoms with Crippen LogP contribution in [0.2, 0.25) is 0 Å². The highest BCUT2D eigenvalue weighted by atomic mass is 16.2. The molecule has 1 saturated heterocycles. The molecule has 2 fully saturated rings. The van der Waals surface area contributed by atoms with Crippen LogP contribution in [-0.2, 0) is 15.0 Å². The molecule has 1 aliphatic carbocycles. The summed E-state index contributed by atoms with van der Waals surface area (Å²) in [6, 6.07) is 10.4. The van der Waals surface area contributed by atoms with E-state index in [0.717, 1.165) is 12.8 Å². The minimum atomic E-state index is -0.177. The molecule has 0 radical (unpaired) electrons. The molecule has 1 N–H and O–H groups in total. The van der Waals surface area contributed by atoms with Gasteiger partial charge in [0.05, 0.1) is 5.92 Å². The van der Waals surface area contributed by atoms with E-state index >= 15 is 0 Å². The van der Waals surface area contributed by atoms with Crippen LogP contribution in [0, 0.1) is 5.92 Å². The molecular weight excluding hydrogens is 264 g/mol. The number of nitrogens with one attached hydrogen (secondary N) is 1. The van der Waals surface area contributed by atoms with Crippen molar-refractivity contribution in [1.82, 2.24) is 10.2 Å². The quantitative estimate of drug-likeness (QED) is 0.895. The van der Waals surface area contributed by atoms with Crippen molar-refractivity contribution < 1.29 is 9.59 Å². The van der Waals surface area contributed by atoms with Crippen LogP contribution in [0.4, 0.5) is 0 Å². The third-order valence-corrected chi connectivity index (χ3v) is 4.81. The first-order valence-corrected chi connectivity index (χ1v) is 7.76. The number of benzene rings is 1. The zero-order valence-corrected chi connectivity index (χ0v) is 12.5. The molecule has 1 atom stereocenters. The second kappa shape index (κ2) is 5.51. The normalized spacial score (nSPS) is 23.2. The molecule has 4 nitrogen and oxygen atoms in total. The van der Waals surface area contributed by atoms with Crippen LogP contribution in [0.15, 0.2) is 30.3 Å². The van der Waals surface area contributed by atoms with Gasteiger partial charge < -0.3 is 10.2 Å². The van der Waals surface area contributed by atoms with Gasteiger partial charge in [-0.05, 0) is 25.3 Å². The van der Waals surface area contributed by atoms with E-state index in [1.807, 2.05) is 25.1 Å². The predicted molar refractivity (Wildman–Crippen MR) is 80.7 cm³/mol. The van der Waals surface area contributed by atoms with Crippen LogP contribution >= 0.6 is 0 Å². The lowest BCUT2D eigenvalue weighted by Crippen LogP contribution is -2.37. The lowest BCUT2D eigenvalue weighted by molar-refractivity contribution is -0.128. The number of hydrogen-bond donors (Lipinski definition) is 1. The van der Waals surface area contributed by atoms with Crippen molar-refractivity contribution in [3.63, 3.8) is 0 Å². The molecule has 1 unspecified atom stereocenters. The summed E-state index contributed by atoms with van der Waals surface area (Å²) in [6.07, 6.45) is 2.61. The van der Waals surface area contributed by atoms with Gasteiger partial charge in [0.2, 0.25) is 11.8 Å². The van der Waals surface area contributed by atoms with Gasteiger partial charge in [-0.2, -0.15) is 0 Å². The first-order valence-electron chi connectivity index (χ1n) is 7.76. The molecule has 3 rings (SSSR count). The van der Waals surface area contributed by atoms with Crippen molar-refractivity contribution in [2.24, 2.45) is 5.92 Å². The Balaban J connectivity index is 1.56. The minimum Gasteiger partial charge on any atom is -0.355 e. The van der Waals surface area contributed by atoms with Crippen molar-refractivity contribution in [1.29, 1.82) is 0 Å². The van der Waals surface area contributed by atoms with E-state index < -0.39 is 0 Å². The van der Waals surface area contributed by atoms with Gasteiger partial charge in [0.25, 0.3) is 0 Å². The molecule has 1 saturated carbocycles. The largest absolute Gasteiger partial charge is 0.355 e. The van der Waals surface area contributed by atoms with Crippen molar-refractivity contribution >= 4 is 11.8 Å². The standard InChI is InChI=1S/C17H22N2O2/c1-2-19-11-13(10-15(19)20)16(21)18-12-17(8-9-17)14-6-4-3-5-7-14/h3-7,13H,2,8-12H2,1H3,(H,18,21). The van der Waals surface area contributed by atoms with Crippen molar-refractivity contribution in [2.75, 3.05) is 19.6 Å². The summed E-state index contributed by atoms with van der Waals surface area (Å²) in [5, 5.41) is 3.07. The number of hydrogen-bond acceptors (Lipinski definition) is 2. The average Bonchev–Trinajstić information content (AvgIpc) is 3.22. The van der Waals surface area contributed by atoms with Crippen LogP contribution in [-0.4, -0.2) is 36.3 Å². The van der Waals surface area contributed by atoms with Crippen molar-refractivity contribution in [2.45, 2.75) is 31.6 Å². The molecule has 2 amide bonds. The van der Waals surface area contributed by atoms with Crippen LogP contribution in [0.5, 0.6) is 0 Å². The lowest BCUT2D eigenvalue weighted by atomic mass is 9.95. The third kappa shape index (κ3) is 2.80. The van der Waals surface area contributed by atoms with E-state index in [4.69, 9.17) is 0 Å². The number of nitrogens with zero attached hydrogens (tertiary/aromatic N) is 1. The first kappa shape index (κ1) is 14.1. The van der Waals surface area contributed by atoms with E-state index in [1.54, 1.807) is 4.90 Å². The third-order valence-electron chi connectivity index (χ3n) is 4.81. The van der Waals surface area contributed by atoms with Crippen LogP contribution < -0.4 is 5.32 Å². The Labute approximate surface area is 125 Å². The fourth-order valence-corrected chi connectivity index (χ4v) is 3.16. The maximum Gasteiger partial charge on any atom is 0.225 e. The number of likely N-dealkylation sites (tertiary alicyclic amines) is 1. The maximum atomic E-state index is 12.3. The molecule has 1 aromatic rings. The average molecular weight is 286 g/mol. The molecule has 1 aromatic carbocycles. The van der Waals surface area contributed by atoms with E-state index in [0.29, 0.717) is 26.1 Å². The first-order chi connectivity index (χ1) is 10.1. The van der Waals surface area contributed by atoms with E-state index in [-0.39, 0.29) is 23.1 Å². The summed E-state index contributed by atoms with van der Waals surface area (Å²) in [7, 11) is 0. The second-order valence-electron chi connectivity index (χ2n) is 6.20. The fourth-order valence-electron chi connectivity index (χ4n) is 3.16. The second-order valence-corrected chi connectivity index (χ2v) is 6.20. The molecule has 112 valence electrons. The van der Waals surface area contributed by atoms with E-state index in [2.05, 4.69) is 17.4 Å². The van der Waals surface area contributed by atoms with Crippen LogP contribution in [0.1, 0.15) is 31.7 Å². The minimum absolute atomic E-state index is 0.0292. The van der Waals surface area contributed by atoms with Gasteiger partial charge in [0.1, 0.15) is 0 Å². The zero-order chi connectivity index (χ0) is 14.9. The topological polar surface area (TPSA) is 49.4 Å². The van der Waals surface area contributed by atoms with E-state index in [9.17, 15) is 9.59 Å². The van der Waals surface area contributed by atoms with Gasteiger partial charge in [-0.25, -0.2) is 0 Å². The van der Waals surface area contributed by atoms with Crippen LogP contribution in [0.25, 0.3) is 0 Å². The number of carbonyl (C=O) groups is 2. The van der Waals surface area contributed by atoms with Gasteiger partial charge in [0, 0.05) is 31.5 Å². The molecule has 1 heterocycles. The highest BCUT2D eigenvalue weighted by Crippen LogP contribution is 2.47. The summed E-state index contributed by atoms with van der Waals surface area (Å²) >= 11 is 0. The number of rotatable bonds is 5. The van der Waals surface area contributed by atoms with Gasteiger partial charge >= 0.3 is 0 Å². The molecule has 0 bridgehead atoms. The van der Waals surface area contributed by atoms with E-state index in [1.165, 1.54) is 5.56 Å². The summed E-state index contributed by atoms with van der Waals surface area (Å²) in [5.41, 5.74) is 1.44. The smallest absolute Gasteiger partial charge is 0.225 e. The Kier molecular flexibility index (Phi) is 3.70. The molecule has 1 aliphatic heterocycles. The van der Waals surface area contributed by atoms with Crippen molar-refractivity contribution in [3.05, 3.63) is 35.9 Å². The zero-order valence-electron chi connectivity index (χ0n) is 12.5. The number of amides is 2. The van der Waals surface area contributed by atoms with Crippen LogP contribution in [0.3, 0.4) is 0 Å². The highest BCUT2D eigenvalue weighted by molar-refractivity contribution is 5.89. The fraction of sp³-hybridized carbons (Fsp3) is 0.529. The summed E-state index contributed by atoms with van der Waals surface area (Å²) in [4.78, 5) is 25.7. The van der Waals surface area contributed by atoms with Crippen molar-refractivity contribution in [3.8, 4) is 0 Å². The Morgan fingerprint density at radius 2 is 2.05 bits per heavy atom. The molecule has 4 heteroatoms. The Morgan fingerprint density at radius 3 is 2.62 bits per heavy atom. The summed E-state index contributed by atoms with van der Waals surface area (Å²) < 4.78 is 0. The molecular formula is C17H22N2O2.